The van der Waals surface area contributed by atoms with E-state index in [1.165, 1.54) is 18.1 Å². The van der Waals surface area contributed by atoms with Crippen LogP contribution < -0.4 is 14.8 Å². The zero-order valence-electron chi connectivity index (χ0n) is 15.9. The Balaban J connectivity index is 1.97. The van der Waals surface area contributed by atoms with Crippen molar-refractivity contribution in [1.29, 1.82) is 0 Å². The average Bonchev–Trinajstić information content (AvgIpc) is 2.68. The number of halogens is 1. The molecular formula is C20H23ClN2O5. The van der Waals surface area contributed by atoms with Crippen molar-refractivity contribution in [1.82, 2.24) is 10.2 Å². The molecular weight excluding hydrogens is 384 g/mol. The van der Waals surface area contributed by atoms with Crippen LogP contribution in [0, 0.1) is 0 Å². The van der Waals surface area contributed by atoms with Crippen molar-refractivity contribution < 1.29 is 23.9 Å². The zero-order valence-corrected chi connectivity index (χ0v) is 16.7. The third-order valence-electron chi connectivity index (χ3n) is 4.96. The van der Waals surface area contributed by atoms with Gasteiger partial charge in [0, 0.05) is 12.1 Å². The summed E-state index contributed by atoms with van der Waals surface area (Å²) >= 11 is 6.31. The summed E-state index contributed by atoms with van der Waals surface area (Å²) in [6, 6.07) is 2.33. The van der Waals surface area contributed by atoms with Crippen molar-refractivity contribution >= 4 is 35.5 Å². The number of carbonyl (C=O) groups is 3. The standard InChI is InChI=1S/C20H23ClN2O5/c1-3-28-17-10-12(15(21)11-16(17)27-2)9-14-18(24)22-20(26)23(19(14)25)13-7-5-4-6-8-13/h9-11,13H,3-8H2,1-2H3,(H,22,24,26). The Bertz CT molecular complexity index is 830. The minimum atomic E-state index is -0.730. The Morgan fingerprint density at radius 2 is 1.89 bits per heavy atom. The van der Waals surface area contributed by atoms with Crippen molar-refractivity contribution in [3.8, 4) is 11.5 Å². The van der Waals surface area contributed by atoms with E-state index in [-0.39, 0.29) is 11.6 Å². The molecule has 1 aliphatic carbocycles. The summed E-state index contributed by atoms with van der Waals surface area (Å²) < 4.78 is 10.8. The van der Waals surface area contributed by atoms with E-state index in [0.29, 0.717) is 28.7 Å². The third kappa shape index (κ3) is 3.99. The Morgan fingerprint density at radius 3 is 2.54 bits per heavy atom. The van der Waals surface area contributed by atoms with Crippen LogP contribution in [-0.2, 0) is 9.59 Å². The fourth-order valence-electron chi connectivity index (χ4n) is 3.59. The molecule has 8 heteroatoms. The number of nitrogens with zero attached hydrogens (tertiary/aromatic N) is 1. The highest BCUT2D eigenvalue weighted by atomic mass is 35.5. The molecule has 28 heavy (non-hydrogen) atoms. The molecule has 1 aromatic rings. The Hall–Kier alpha value is -2.54. The van der Waals surface area contributed by atoms with Crippen LogP contribution in [0.1, 0.15) is 44.6 Å². The van der Waals surface area contributed by atoms with Crippen molar-refractivity contribution in [3.63, 3.8) is 0 Å². The molecule has 0 atom stereocenters. The first-order valence-corrected chi connectivity index (χ1v) is 9.75. The van der Waals surface area contributed by atoms with Crippen LogP contribution in [0.25, 0.3) is 6.08 Å². The molecule has 1 N–H and O–H groups in total. The van der Waals surface area contributed by atoms with Gasteiger partial charge >= 0.3 is 6.03 Å². The molecule has 1 saturated heterocycles. The molecule has 0 spiro atoms. The molecule has 3 rings (SSSR count). The van der Waals surface area contributed by atoms with E-state index in [0.717, 1.165) is 32.1 Å². The fourth-order valence-corrected chi connectivity index (χ4v) is 3.79. The number of ether oxygens (including phenoxy) is 2. The van der Waals surface area contributed by atoms with Crippen LogP contribution >= 0.6 is 11.6 Å². The number of imide groups is 2. The molecule has 2 fully saturated rings. The van der Waals surface area contributed by atoms with E-state index in [2.05, 4.69) is 5.32 Å². The lowest BCUT2D eigenvalue weighted by molar-refractivity contribution is -0.132. The summed E-state index contributed by atoms with van der Waals surface area (Å²) in [5.74, 6) is -0.421. The van der Waals surface area contributed by atoms with Gasteiger partial charge in [-0.25, -0.2) is 4.79 Å². The van der Waals surface area contributed by atoms with Gasteiger partial charge < -0.3 is 9.47 Å². The number of amides is 4. The summed E-state index contributed by atoms with van der Waals surface area (Å²) in [5, 5.41) is 2.57. The van der Waals surface area contributed by atoms with Gasteiger partial charge in [-0.1, -0.05) is 30.9 Å². The van der Waals surface area contributed by atoms with Gasteiger partial charge in [0.2, 0.25) is 0 Å². The van der Waals surface area contributed by atoms with Gasteiger partial charge in [0.15, 0.2) is 11.5 Å². The number of benzene rings is 1. The van der Waals surface area contributed by atoms with Crippen LogP contribution in [0.2, 0.25) is 5.02 Å². The molecule has 0 radical (unpaired) electrons. The predicted molar refractivity (Wildman–Crippen MR) is 104 cm³/mol. The molecule has 0 aromatic heterocycles. The normalized spacial score (nSPS) is 19.8. The summed E-state index contributed by atoms with van der Waals surface area (Å²) in [6.07, 6.45) is 5.89. The molecule has 1 saturated carbocycles. The number of nitrogens with one attached hydrogen (secondary N) is 1. The van der Waals surface area contributed by atoms with E-state index in [1.807, 2.05) is 6.92 Å². The van der Waals surface area contributed by atoms with Gasteiger partial charge in [0.05, 0.1) is 18.7 Å². The second kappa shape index (κ2) is 8.65. The quantitative estimate of drug-likeness (QED) is 0.597. The van der Waals surface area contributed by atoms with Gasteiger partial charge in [0.25, 0.3) is 11.8 Å². The van der Waals surface area contributed by atoms with E-state index in [9.17, 15) is 14.4 Å². The van der Waals surface area contributed by atoms with E-state index >= 15 is 0 Å². The third-order valence-corrected chi connectivity index (χ3v) is 5.28. The number of methoxy groups -OCH3 is 1. The smallest absolute Gasteiger partial charge is 0.331 e. The largest absolute Gasteiger partial charge is 0.493 e. The molecule has 2 aliphatic rings. The predicted octanol–water partition coefficient (Wildman–Crippen LogP) is 3.54. The second-order valence-corrected chi connectivity index (χ2v) is 7.15. The highest BCUT2D eigenvalue weighted by molar-refractivity contribution is 6.34. The van der Waals surface area contributed by atoms with Crippen LogP contribution in [0.15, 0.2) is 17.7 Å². The summed E-state index contributed by atoms with van der Waals surface area (Å²) in [7, 11) is 1.50. The van der Waals surface area contributed by atoms with Crippen LogP contribution in [0.4, 0.5) is 4.79 Å². The topological polar surface area (TPSA) is 84.9 Å². The maximum Gasteiger partial charge on any atom is 0.331 e. The number of carbonyl (C=O) groups excluding carboxylic acids is 3. The minimum absolute atomic E-state index is 0.125. The SMILES string of the molecule is CCOc1cc(C=C2C(=O)NC(=O)N(C3CCCCC3)C2=O)c(Cl)cc1OC. The summed E-state index contributed by atoms with van der Waals surface area (Å²) in [6.45, 7) is 2.25. The Labute approximate surface area is 168 Å². The summed E-state index contributed by atoms with van der Waals surface area (Å²) in [5.41, 5.74) is 0.307. The molecule has 0 unspecified atom stereocenters. The van der Waals surface area contributed by atoms with Gasteiger partial charge in [-0.05, 0) is 37.5 Å². The van der Waals surface area contributed by atoms with Gasteiger partial charge in [0.1, 0.15) is 5.57 Å². The maximum absolute atomic E-state index is 13.0. The molecule has 1 aliphatic heterocycles. The van der Waals surface area contributed by atoms with Crippen LogP contribution in [0.3, 0.4) is 0 Å². The molecule has 150 valence electrons. The molecule has 1 heterocycles. The number of hydrogen-bond donors (Lipinski definition) is 1. The van der Waals surface area contributed by atoms with E-state index in [1.54, 1.807) is 12.1 Å². The lowest BCUT2D eigenvalue weighted by Crippen LogP contribution is -2.58. The number of hydrogen-bond acceptors (Lipinski definition) is 5. The molecule has 4 amide bonds. The van der Waals surface area contributed by atoms with Gasteiger partial charge in [-0.3, -0.25) is 19.8 Å². The van der Waals surface area contributed by atoms with Crippen molar-refractivity contribution in [2.24, 2.45) is 0 Å². The van der Waals surface area contributed by atoms with Crippen molar-refractivity contribution in [3.05, 3.63) is 28.3 Å². The maximum atomic E-state index is 13.0. The lowest BCUT2D eigenvalue weighted by Gasteiger charge is -2.35. The first kappa shape index (κ1) is 20.2. The number of rotatable bonds is 5. The molecule has 7 nitrogen and oxygen atoms in total. The summed E-state index contributed by atoms with van der Waals surface area (Å²) in [4.78, 5) is 38.8. The lowest BCUT2D eigenvalue weighted by atomic mass is 9.93. The first-order chi connectivity index (χ1) is 13.5. The highest BCUT2D eigenvalue weighted by Gasteiger charge is 2.40. The van der Waals surface area contributed by atoms with Crippen molar-refractivity contribution in [2.75, 3.05) is 13.7 Å². The fraction of sp³-hybridized carbons (Fsp3) is 0.450. The van der Waals surface area contributed by atoms with Crippen LogP contribution in [0.5, 0.6) is 11.5 Å². The first-order valence-electron chi connectivity index (χ1n) is 9.37. The van der Waals surface area contributed by atoms with Crippen LogP contribution in [-0.4, -0.2) is 42.5 Å². The number of barbiturate groups is 1. The van der Waals surface area contributed by atoms with E-state index < -0.39 is 17.8 Å². The van der Waals surface area contributed by atoms with Crippen molar-refractivity contribution in [2.45, 2.75) is 45.1 Å². The van der Waals surface area contributed by atoms with Gasteiger partial charge in [-0.15, -0.1) is 0 Å². The monoisotopic (exact) mass is 406 g/mol. The minimum Gasteiger partial charge on any atom is -0.493 e. The molecule has 0 bridgehead atoms. The van der Waals surface area contributed by atoms with E-state index in [4.69, 9.17) is 21.1 Å². The second-order valence-electron chi connectivity index (χ2n) is 6.74. The molecule has 1 aromatic carbocycles. The van der Waals surface area contributed by atoms with Gasteiger partial charge in [-0.2, -0.15) is 0 Å². The highest BCUT2D eigenvalue weighted by Crippen LogP contribution is 2.35. The Morgan fingerprint density at radius 1 is 1.18 bits per heavy atom. The zero-order chi connectivity index (χ0) is 20.3. The Kier molecular flexibility index (Phi) is 6.24. The average molecular weight is 407 g/mol. The number of urea groups is 1.